The highest BCUT2D eigenvalue weighted by Crippen LogP contribution is 2.21. The predicted octanol–water partition coefficient (Wildman–Crippen LogP) is 3.28. The predicted molar refractivity (Wildman–Crippen MR) is 79.8 cm³/mol. The Morgan fingerprint density at radius 2 is 2.11 bits per heavy atom. The van der Waals surface area contributed by atoms with Crippen molar-refractivity contribution < 1.29 is 4.79 Å². The zero-order chi connectivity index (χ0) is 14.6. The second-order valence-corrected chi connectivity index (χ2v) is 5.60. The number of carbonyl (C=O) groups excluding carboxylic acids is 1. The summed E-state index contributed by atoms with van der Waals surface area (Å²) in [5.41, 5.74) is 0.485. The summed E-state index contributed by atoms with van der Waals surface area (Å²) >= 11 is 6.06. The lowest BCUT2D eigenvalue weighted by atomic mass is 10.0. The quantitative estimate of drug-likeness (QED) is 0.902. The normalized spacial score (nSPS) is 12.4. The van der Waals surface area contributed by atoms with Crippen LogP contribution in [0, 0.1) is 5.92 Å². The number of rotatable bonds is 5. The number of carbonyl (C=O) groups is 1. The molecule has 0 saturated heterocycles. The second kappa shape index (κ2) is 6.75. The molecular formula is C14H22ClN3O. The molecule has 4 nitrogen and oxygen atoms in total. The number of hydrogen-bond donors (Lipinski definition) is 1. The molecule has 0 aliphatic carbocycles. The number of anilines is 1. The summed E-state index contributed by atoms with van der Waals surface area (Å²) in [6.07, 6.45) is 2.46. The van der Waals surface area contributed by atoms with Crippen LogP contribution >= 0.6 is 11.6 Å². The highest BCUT2D eigenvalue weighted by molar-refractivity contribution is 6.33. The van der Waals surface area contributed by atoms with Gasteiger partial charge in [0.25, 0.3) is 5.91 Å². The van der Waals surface area contributed by atoms with Gasteiger partial charge < -0.3 is 10.2 Å². The maximum absolute atomic E-state index is 12.4. The molecule has 1 aromatic heterocycles. The zero-order valence-corrected chi connectivity index (χ0v) is 13.0. The molecule has 0 aliphatic rings. The van der Waals surface area contributed by atoms with Gasteiger partial charge in [-0.25, -0.2) is 4.98 Å². The first-order valence-corrected chi connectivity index (χ1v) is 6.85. The van der Waals surface area contributed by atoms with Crippen molar-refractivity contribution in [3.63, 3.8) is 0 Å². The van der Waals surface area contributed by atoms with Crippen LogP contribution in [0.15, 0.2) is 12.3 Å². The summed E-state index contributed by atoms with van der Waals surface area (Å²) in [5.74, 6) is 1.11. The number of halogens is 1. The Morgan fingerprint density at radius 1 is 1.47 bits per heavy atom. The van der Waals surface area contributed by atoms with E-state index in [0.717, 1.165) is 6.42 Å². The molecule has 0 aliphatic heterocycles. The van der Waals surface area contributed by atoms with Crippen molar-refractivity contribution in [2.45, 2.75) is 33.2 Å². The van der Waals surface area contributed by atoms with Crippen LogP contribution in [0.4, 0.5) is 5.82 Å². The number of nitrogens with one attached hydrogen (secondary N) is 1. The van der Waals surface area contributed by atoms with E-state index >= 15 is 0 Å². The summed E-state index contributed by atoms with van der Waals surface area (Å²) in [6.45, 7) is 6.34. The molecule has 106 valence electrons. The molecule has 0 aromatic carbocycles. The van der Waals surface area contributed by atoms with Gasteiger partial charge in [0.1, 0.15) is 5.82 Å². The van der Waals surface area contributed by atoms with Crippen LogP contribution in [0.1, 0.15) is 37.6 Å². The number of amides is 1. The van der Waals surface area contributed by atoms with Gasteiger partial charge >= 0.3 is 0 Å². The highest BCUT2D eigenvalue weighted by atomic mass is 35.5. The van der Waals surface area contributed by atoms with E-state index in [9.17, 15) is 4.79 Å². The lowest BCUT2D eigenvalue weighted by molar-refractivity contribution is 0.0728. The smallest absolute Gasteiger partial charge is 0.255 e. The SMILES string of the molecule is CNc1cc(C(=O)N(C)C(C)CC(C)C)c(Cl)cn1. The van der Waals surface area contributed by atoms with Crippen molar-refractivity contribution in [3.8, 4) is 0 Å². The summed E-state index contributed by atoms with van der Waals surface area (Å²) < 4.78 is 0. The zero-order valence-electron chi connectivity index (χ0n) is 12.2. The van der Waals surface area contributed by atoms with E-state index in [0.29, 0.717) is 22.3 Å². The Labute approximate surface area is 120 Å². The van der Waals surface area contributed by atoms with Gasteiger partial charge in [-0.3, -0.25) is 4.79 Å². The molecule has 1 rings (SSSR count). The third kappa shape index (κ3) is 4.10. The lowest BCUT2D eigenvalue weighted by Gasteiger charge is -2.26. The molecular weight excluding hydrogens is 262 g/mol. The molecule has 5 heteroatoms. The minimum Gasteiger partial charge on any atom is -0.373 e. The van der Waals surface area contributed by atoms with Gasteiger partial charge in [0, 0.05) is 26.3 Å². The molecule has 1 aromatic rings. The molecule has 1 N–H and O–H groups in total. The van der Waals surface area contributed by atoms with Gasteiger partial charge in [0.05, 0.1) is 10.6 Å². The topological polar surface area (TPSA) is 45.2 Å². The molecule has 0 spiro atoms. The minimum absolute atomic E-state index is 0.0722. The van der Waals surface area contributed by atoms with Crippen LogP contribution in [-0.2, 0) is 0 Å². The summed E-state index contributed by atoms with van der Waals surface area (Å²) in [4.78, 5) is 18.3. The number of nitrogens with zero attached hydrogens (tertiary/aromatic N) is 2. The molecule has 1 unspecified atom stereocenters. The van der Waals surface area contributed by atoms with E-state index in [4.69, 9.17) is 11.6 Å². The first kappa shape index (κ1) is 15.8. The standard InChI is InChI=1S/C14H22ClN3O/c1-9(2)6-10(3)18(5)14(19)11-7-13(16-4)17-8-12(11)15/h7-10H,6H2,1-5H3,(H,16,17). The maximum Gasteiger partial charge on any atom is 0.255 e. The summed E-state index contributed by atoms with van der Waals surface area (Å²) in [7, 11) is 3.57. The first-order valence-electron chi connectivity index (χ1n) is 6.47. The van der Waals surface area contributed by atoms with Crippen molar-refractivity contribution in [1.29, 1.82) is 0 Å². The molecule has 0 radical (unpaired) electrons. The lowest BCUT2D eigenvalue weighted by Crippen LogP contribution is -2.36. The second-order valence-electron chi connectivity index (χ2n) is 5.19. The molecule has 0 fully saturated rings. The molecule has 0 bridgehead atoms. The minimum atomic E-state index is -0.0722. The van der Waals surface area contributed by atoms with Crippen molar-refractivity contribution in [2.24, 2.45) is 5.92 Å². The summed E-state index contributed by atoms with van der Waals surface area (Å²) in [5, 5.41) is 3.29. The van der Waals surface area contributed by atoms with E-state index < -0.39 is 0 Å². The Kier molecular flexibility index (Phi) is 5.60. The van der Waals surface area contributed by atoms with Crippen LogP contribution in [-0.4, -0.2) is 35.9 Å². The van der Waals surface area contributed by atoms with Gasteiger partial charge in [0.2, 0.25) is 0 Å². The third-order valence-corrected chi connectivity index (χ3v) is 3.44. The van der Waals surface area contributed by atoms with Crippen molar-refractivity contribution in [1.82, 2.24) is 9.88 Å². The van der Waals surface area contributed by atoms with Crippen LogP contribution < -0.4 is 5.32 Å². The van der Waals surface area contributed by atoms with Gasteiger partial charge in [-0.15, -0.1) is 0 Å². The van der Waals surface area contributed by atoms with E-state index in [1.165, 1.54) is 6.20 Å². The van der Waals surface area contributed by atoms with Crippen molar-refractivity contribution in [3.05, 3.63) is 22.8 Å². The van der Waals surface area contributed by atoms with Gasteiger partial charge in [-0.2, -0.15) is 0 Å². The van der Waals surface area contributed by atoms with Gasteiger partial charge in [-0.05, 0) is 25.3 Å². The monoisotopic (exact) mass is 283 g/mol. The Balaban J connectivity index is 2.93. The Hall–Kier alpha value is -1.29. The molecule has 1 amide bonds. The van der Waals surface area contributed by atoms with E-state index in [1.54, 1.807) is 18.0 Å². The Morgan fingerprint density at radius 3 is 2.63 bits per heavy atom. The van der Waals surface area contributed by atoms with Gasteiger partial charge in [-0.1, -0.05) is 25.4 Å². The van der Waals surface area contributed by atoms with E-state index in [1.807, 2.05) is 14.0 Å². The largest absolute Gasteiger partial charge is 0.373 e. The average molecular weight is 284 g/mol. The van der Waals surface area contributed by atoms with Crippen molar-refractivity contribution in [2.75, 3.05) is 19.4 Å². The fourth-order valence-electron chi connectivity index (χ4n) is 1.97. The molecule has 0 saturated carbocycles. The van der Waals surface area contributed by atoms with Crippen LogP contribution in [0.25, 0.3) is 0 Å². The molecule has 19 heavy (non-hydrogen) atoms. The summed E-state index contributed by atoms with van der Waals surface area (Å²) in [6, 6.07) is 1.86. The number of pyridine rings is 1. The average Bonchev–Trinajstić information content (AvgIpc) is 2.36. The Bertz CT molecular complexity index is 448. The highest BCUT2D eigenvalue weighted by Gasteiger charge is 2.21. The fourth-order valence-corrected chi connectivity index (χ4v) is 2.15. The van der Waals surface area contributed by atoms with Crippen LogP contribution in [0.5, 0.6) is 0 Å². The van der Waals surface area contributed by atoms with Crippen LogP contribution in [0.3, 0.4) is 0 Å². The van der Waals surface area contributed by atoms with E-state index in [-0.39, 0.29) is 11.9 Å². The number of aromatic nitrogens is 1. The van der Waals surface area contributed by atoms with Gasteiger partial charge in [0.15, 0.2) is 0 Å². The first-order chi connectivity index (χ1) is 8.86. The maximum atomic E-state index is 12.4. The molecule has 1 heterocycles. The third-order valence-electron chi connectivity index (χ3n) is 3.14. The number of hydrogen-bond acceptors (Lipinski definition) is 3. The van der Waals surface area contributed by atoms with Crippen LogP contribution in [0.2, 0.25) is 5.02 Å². The molecule has 1 atom stereocenters. The fraction of sp³-hybridized carbons (Fsp3) is 0.571. The van der Waals surface area contributed by atoms with E-state index in [2.05, 4.69) is 24.1 Å². The van der Waals surface area contributed by atoms with Crippen molar-refractivity contribution >= 4 is 23.3 Å².